The standard InChI is InChI=1S/C22H27N5O4/c1-16-3-5-17(6-4-16)20(26-13-11-25(2)12-14-26)15-23-21(28)22(29)24-18-7-9-19(10-8-18)27(30)31/h3-10,20H,11-15H2,1-2H3,(H,23,28)(H,24,29). The van der Waals surface area contributed by atoms with Crippen LogP contribution in [0.3, 0.4) is 0 Å². The van der Waals surface area contributed by atoms with Gasteiger partial charge in [0, 0.05) is 50.5 Å². The first-order valence-electron chi connectivity index (χ1n) is 10.2. The van der Waals surface area contributed by atoms with Gasteiger partial charge in [-0.05, 0) is 31.7 Å². The van der Waals surface area contributed by atoms with Gasteiger partial charge in [-0.15, -0.1) is 0 Å². The third kappa shape index (κ3) is 6.09. The molecule has 3 rings (SSSR count). The number of nitro benzene ring substituents is 1. The van der Waals surface area contributed by atoms with Gasteiger partial charge in [-0.3, -0.25) is 24.6 Å². The molecule has 164 valence electrons. The molecule has 1 atom stereocenters. The molecule has 0 aromatic heterocycles. The van der Waals surface area contributed by atoms with Crippen molar-refractivity contribution >= 4 is 23.2 Å². The Morgan fingerprint density at radius 1 is 1.00 bits per heavy atom. The second-order valence-corrected chi connectivity index (χ2v) is 7.73. The molecule has 2 aromatic carbocycles. The molecule has 2 aromatic rings. The van der Waals surface area contributed by atoms with E-state index in [4.69, 9.17) is 0 Å². The Hall–Kier alpha value is -3.30. The van der Waals surface area contributed by atoms with Crippen molar-refractivity contribution in [3.8, 4) is 0 Å². The predicted molar refractivity (Wildman–Crippen MR) is 118 cm³/mol. The molecule has 2 amide bonds. The number of carbonyl (C=O) groups excluding carboxylic acids is 2. The smallest absolute Gasteiger partial charge is 0.313 e. The van der Waals surface area contributed by atoms with E-state index >= 15 is 0 Å². The number of aryl methyl sites for hydroxylation is 1. The van der Waals surface area contributed by atoms with Crippen molar-refractivity contribution in [2.45, 2.75) is 13.0 Å². The molecule has 0 radical (unpaired) electrons. The minimum Gasteiger partial charge on any atom is -0.346 e. The van der Waals surface area contributed by atoms with Gasteiger partial charge in [0.05, 0.1) is 11.0 Å². The van der Waals surface area contributed by atoms with Crippen LogP contribution in [0.15, 0.2) is 48.5 Å². The number of carbonyl (C=O) groups is 2. The van der Waals surface area contributed by atoms with E-state index in [1.54, 1.807) is 0 Å². The average molecular weight is 425 g/mol. The zero-order chi connectivity index (χ0) is 22.4. The number of hydrogen-bond donors (Lipinski definition) is 2. The lowest BCUT2D eigenvalue weighted by atomic mass is 10.0. The van der Waals surface area contributed by atoms with Crippen LogP contribution in [0.2, 0.25) is 0 Å². The zero-order valence-corrected chi connectivity index (χ0v) is 17.7. The molecule has 1 aliphatic rings. The Kier molecular flexibility index (Phi) is 7.32. The summed E-state index contributed by atoms with van der Waals surface area (Å²) in [7, 11) is 2.09. The molecular weight excluding hydrogens is 398 g/mol. The van der Waals surface area contributed by atoms with E-state index < -0.39 is 16.7 Å². The van der Waals surface area contributed by atoms with Crippen molar-refractivity contribution in [3.05, 3.63) is 69.8 Å². The molecule has 0 bridgehead atoms. The Labute approximate surface area is 181 Å². The summed E-state index contributed by atoms with van der Waals surface area (Å²) in [6.07, 6.45) is 0. The van der Waals surface area contributed by atoms with Gasteiger partial charge < -0.3 is 15.5 Å². The van der Waals surface area contributed by atoms with E-state index in [2.05, 4.69) is 39.6 Å². The minimum absolute atomic E-state index is 0.0366. The van der Waals surface area contributed by atoms with Crippen LogP contribution in [0, 0.1) is 17.0 Å². The minimum atomic E-state index is -0.810. The summed E-state index contributed by atoms with van der Waals surface area (Å²) >= 11 is 0. The van der Waals surface area contributed by atoms with Crippen LogP contribution in [0.5, 0.6) is 0 Å². The molecule has 31 heavy (non-hydrogen) atoms. The lowest BCUT2D eigenvalue weighted by Crippen LogP contribution is -2.49. The van der Waals surface area contributed by atoms with Crippen molar-refractivity contribution in [1.29, 1.82) is 0 Å². The number of non-ortho nitro benzene ring substituents is 1. The van der Waals surface area contributed by atoms with Crippen LogP contribution in [0.25, 0.3) is 0 Å². The Balaban J connectivity index is 1.62. The summed E-state index contributed by atoms with van der Waals surface area (Å²) in [5.74, 6) is -1.56. The van der Waals surface area contributed by atoms with Crippen LogP contribution in [0.1, 0.15) is 17.2 Å². The van der Waals surface area contributed by atoms with Crippen molar-refractivity contribution < 1.29 is 14.5 Å². The number of piperazine rings is 1. The van der Waals surface area contributed by atoms with E-state index in [1.807, 2.05) is 19.1 Å². The first kappa shape index (κ1) is 22.4. The Bertz CT molecular complexity index is 922. The Morgan fingerprint density at radius 3 is 2.19 bits per heavy atom. The van der Waals surface area contributed by atoms with Crippen LogP contribution >= 0.6 is 0 Å². The number of benzene rings is 2. The van der Waals surface area contributed by atoms with E-state index in [9.17, 15) is 19.7 Å². The maximum atomic E-state index is 12.4. The fourth-order valence-corrected chi connectivity index (χ4v) is 3.50. The monoisotopic (exact) mass is 425 g/mol. The van der Waals surface area contributed by atoms with Gasteiger partial charge in [-0.2, -0.15) is 0 Å². The number of nitrogens with zero attached hydrogens (tertiary/aromatic N) is 3. The molecular formula is C22H27N5O4. The van der Waals surface area contributed by atoms with Crippen LogP contribution in [0.4, 0.5) is 11.4 Å². The molecule has 0 spiro atoms. The van der Waals surface area contributed by atoms with Crippen LogP contribution in [-0.2, 0) is 9.59 Å². The van der Waals surface area contributed by atoms with Crippen LogP contribution in [-0.4, -0.2) is 66.3 Å². The summed E-state index contributed by atoms with van der Waals surface area (Å²) in [5.41, 5.74) is 2.48. The summed E-state index contributed by atoms with van der Waals surface area (Å²) in [5, 5.41) is 15.9. The normalized spacial score (nSPS) is 15.8. The van der Waals surface area contributed by atoms with E-state index in [-0.39, 0.29) is 11.7 Å². The number of nitrogens with one attached hydrogen (secondary N) is 2. The molecule has 0 aliphatic carbocycles. The average Bonchev–Trinajstić information content (AvgIpc) is 2.76. The predicted octanol–water partition coefficient (Wildman–Crippen LogP) is 1.95. The first-order chi connectivity index (χ1) is 14.8. The molecule has 2 N–H and O–H groups in total. The van der Waals surface area contributed by atoms with Gasteiger partial charge in [-0.1, -0.05) is 29.8 Å². The van der Waals surface area contributed by atoms with Gasteiger partial charge in [0.25, 0.3) is 5.69 Å². The second kappa shape index (κ2) is 10.1. The molecule has 1 unspecified atom stereocenters. The highest BCUT2D eigenvalue weighted by atomic mass is 16.6. The highest BCUT2D eigenvalue weighted by Gasteiger charge is 2.25. The number of likely N-dealkylation sites (N-methyl/N-ethyl adjacent to an activating group) is 1. The number of hydrogen-bond acceptors (Lipinski definition) is 6. The summed E-state index contributed by atoms with van der Waals surface area (Å²) in [4.78, 5) is 39.4. The van der Waals surface area contributed by atoms with Crippen molar-refractivity contribution in [2.24, 2.45) is 0 Å². The quantitative estimate of drug-likeness (QED) is 0.416. The van der Waals surface area contributed by atoms with Gasteiger partial charge in [0.2, 0.25) is 0 Å². The fourth-order valence-electron chi connectivity index (χ4n) is 3.50. The molecule has 1 saturated heterocycles. The van der Waals surface area contributed by atoms with Crippen LogP contribution < -0.4 is 10.6 Å². The van der Waals surface area contributed by atoms with E-state index in [0.29, 0.717) is 12.2 Å². The topological polar surface area (TPSA) is 108 Å². The third-order valence-electron chi connectivity index (χ3n) is 5.44. The van der Waals surface area contributed by atoms with Gasteiger partial charge in [0.1, 0.15) is 0 Å². The molecule has 9 heteroatoms. The van der Waals surface area contributed by atoms with E-state index in [1.165, 1.54) is 24.3 Å². The molecule has 0 saturated carbocycles. The van der Waals surface area contributed by atoms with Crippen molar-refractivity contribution in [2.75, 3.05) is 45.1 Å². The second-order valence-electron chi connectivity index (χ2n) is 7.73. The lowest BCUT2D eigenvalue weighted by Gasteiger charge is -2.38. The number of rotatable bonds is 6. The first-order valence-corrected chi connectivity index (χ1v) is 10.2. The highest BCUT2D eigenvalue weighted by molar-refractivity contribution is 6.39. The lowest BCUT2D eigenvalue weighted by molar-refractivity contribution is -0.384. The largest absolute Gasteiger partial charge is 0.346 e. The van der Waals surface area contributed by atoms with E-state index in [0.717, 1.165) is 37.3 Å². The number of anilines is 1. The number of nitro groups is 1. The summed E-state index contributed by atoms with van der Waals surface area (Å²) in [6, 6.07) is 13.5. The molecule has 1 fully saturated rings. The zero-order valence-electron chi connectivity index (χ0n) is 17.7. The highest BCUT2D eigenvalue weighted by Crippen LogP contribution is 2.22. The maximum absolute atomic E-state index is 12.4. The molecule has 9 nitrogen and oxygen atoms in total. The van der Waals surface area contributed by atoms with Crippen molar-refractivity contribution in [3.63, 3.8) is 0 Å². The van der Waals surface area contributed by atoms with Crippen molar-refractivity contribution in [1.82, 2.24) is 15.1 Å². The van der Waals surface area contributed by atoms with Gasteiger partial charge in [0.15, 0.2) is 0 Å². The Morgan fingerprint density at radius 2 is 1.61 bits per heavy atom. The summed E-state index contributed by atoms with van der Waals surface area (Å²) in [6.45, 7) is 5.96. The SMILES string of the molecule is Cc1ccc(C(CNC(=O)C(=O)Nc2ccc([N+](=O)[O-])cc2)N2CCN(C)CC2)cc1. The van der Waals surface area contributed by atoms with Gasteiger partial charge >= 0.3 is 11.8 Å². The third-order valence-corrected chi connectivity index (χ3v) is 5.44. The summed E-state index contributed by atoms with van der Waals surface area (Å²) < 4.78 is 0. The molecule has 1 heterocycles. The molecule has 1 aliphatic heterocycles. The maximum Gasteiger partial charge on any atom is 0.313 e. The number of amides is 2. The van der Waals surface area contributed by atoms with Gasteiger partial charge in [-0.25, -0.2) is 0 Å². The fraction of sp³-hybridized carbons (Fsp3) is 0.364.